The lowest BCUT2D eigenvalue weighted by molar-refractivity contribution is -0.140. The van der Waals surface area contributed by atoms with Crippen molar-refractivity contribution in [2.24, 2.45) is 5.10 Å². The number of hydrazone groups is 1. The summed E-state index contributed by atoms with van der Waals surface area (Å²) in [5, 5.41) is 6.33. The zero-order chi connectivity index (χ0) is 18.4. The number of nitrogens with one attached hydrogen (secondary N) is 2. The summed E-state index contributed by atoms with van der Waals surface area (Å²) in [6.45, 7) is 1.72. The molecule has 3 rings (SSSR count). The molecule has 1 saturated heterocycles. The van der Waals surface area contributed by atoms with Crippen LogP contribution in [0.15, 0.2) is 29.4 Å². The molecule has 0 bridgehead atoms. The van der Waals surface area contributed by atoms with Crippen molar-refractivity contribution in [2.75, 3.05) is 29.9 Å². The first-order valence-electron chi connectivity index (χ1n) is 8.79. The van der Waals surface area contributed by atoms with E-state index in [9.17, 15) is 14.4 Å². The van der Waals surface area contributed by atoms with E-state index < -0.39 is 18.5 Å². The lowest BCUT2D eigenvalue weighted by atomic mass is 10.1. The van der Waals surface area contributed by atoms with Crippen molar-refractivity contribution in [3.8, 4) is 0 Å². The molecule has 0 saturated carbocycles. The summed E-state index contributed by atoms with van der Waals surface area (Å²) in [7, 11) is 0. The molecule has 8 heteroatoms. The maximum atomic E-state index is 11.9. The lowest BCUT2D eigenvalue weighted by Crippen LogP contribution is -2.32. The number of hydrogen-bond acceptors (Lipinski definition) is 6. The third kappa shape index (κ3) is 4.81. The summed E-state index contributed by atoms with van der Waals surface area (Å²) in [5.74, 6) is -1.36. The minimum absolute atomic E-state index is 0.114. The fourth-order valence-electron chi connectivity index (χ4n) is 2.94. The SMILES string of the molecule is O=C1CCC(C(=O)OCC(=O)Nc2ccc(N3CCCCC3)cc2)=NN1. The second-order valence-electron chi connectivity index (χ2n) is 6.31. The summed E-state index contributed by atoms with van der Waals surface area (Å²) in [6, 6.07) is 7.63. The zero-order valence-electron chi connectivity index (χ0n) is 14.5. The molecule has 1 aromatic rings. The predicted octanol–water partition coefficient (Wildman–Crippen LogP) is 1.42. The van der Waals surface area contributed by atoms with Gasteiger partial charge in [0.25, 0.3) is 5.91 Å². The molecule has 1 fully saturated rings. The van der Waals surface area contributed by atoms with Crippen LogP contribution in [0.2, 0.25) is 0 Å². The summed E-state index contributed by atoms with van der Waals surface area (Å²) in [4.78, 5) is 37.0. The topological polar surface area (TPSA) is 100 Å². The van der Waals surface area contributed by atoms with Crippen molar-refractivity contribution in [3.63, 3.8) is 0 Å². The monoisotopic (exact) mass is 358 g/mol. The van der Waals surface area contributed by atoms with Gasteiger partial charge in [0.05, 0.1) is 0 Å². The van der Waals surface area contributed by atoms with Crippen molar-refractivity contribution >= 4 is 34.9 Å². The molecule has 138 valence electrons. The van der Waals surface area contributed by atoms with Crippen LogP contribution in [0.5, 0.6) is 0 Å². The van der Waals surface area contributed by atoms with Crippen LogP contribution in [0.25, 0.3) is 0 Å². The lowest BCUT2D eigenvalue weighted by Gasteiger charge is -2.28. The van der Waals surface area contributed by atoms with Crippen molar-refractivity contribution in [1.82, 2.24) is 5.43 Å². The van der Waals surface area contributed by atoms with E-state index in [4.69, 9.17) is 4.74 Å². The van der Waals surface area contributed by atoms with E-state index in [0.29, 0.717) is 5.69 Å². The Morgan fingerprint density at radius 3 is 2.50 bits per heavy atom. The van der Waals surface area contributed by atoms with Gasteiger partial charge in [0, 0.05) is 37.3 Å². The molecule has 0 aromatic heterocycles. The van der Waals surface area contributed by atoms with Gasteiger partial charge in [-0.15, -0.1) is 0 Å². The molecule has 2 aliphatic rings. The van der Waals surface area contributed by atoms with Gasteiger partial charge in [0.15, 0.2) is 6.61 Å². The first-order chi connectivity index (χ1) is 12.6. The normalized spacial score (nSPS) is 17.2. The van der Waals surface area contributed by atoms with Gasteiger partial charge in [-0.2, -0.15) is 5.10 Å². The Kier molecular flexibility index (Phi) is 5.83. The van der Waals surface area contributed by atoms with Crippen molar-refractivity contribution in [3.05, 3.63) is 24.3 Å². The Labute approximate surface area is 151 Å². The second kappa shape index (κ2) is 8.46. The van der Waals surface area contributed by atoms with E-state index in [-0.39, 0.29) is 24.5 Å². The predicted molar refractivity (Wildman–Crippen MR) is 96.9 cm³/mol. The molecular formula is C18H22N4O4. The average molecular weight is 358 g/mol. The van der Waals surface area contributed by atoms with E-state index in [0.717, 1.165) is 18.8 Å². The van der Waals surface area contributed by atoms with Gasteiger partial charge in [-0.3, -0.25) is 9.59 Å². The van der Waals surface area contributed by atoms with Gasteiger partial charge in [-0.05, 0) is 43.5 Å². The minimum atomic E-state index is -0.694. The van der Waals surface area contributed by atoms with Gasteiger partial charge in [0.1, 0.15) is 5.71 Å². The fraction of sp³-hybridized carbons (Fsp3) is 0.444. The largest absolute Gasteiger partial charge is 0.451 e. The quantitative estimate of drug-likeness (QED) is 0.776. The first kappa shape index (κ1) is 17.9. The van der Waals surface area contributed by atoms with Crippen LogP contribution in [0, 0.1) is 0 Å². The Balaban J connectivity index is 1.45. The van der Waals surface area contributed by atoms with Crippen LogP contribution >= 0.6 is 0 Å². The maximum Gasteiger partial charge on any atom is 0.355 e. The van der Waals surface area contributed by atoms with Gasteiger partial charge in [-0.25, -0.2) is 10.2 Å². The third-order valence-electron chi connectivity index (χ3n) is 4.35. The highest BCUT2D eigenvalue weighted by atomic mass is 16.5. The van der Waals surface area contributed by atoms with E-state index in [1.165, 1.54) is 19.3 Å². The maximum absolute atomic E-state index is 11.9. The Morgan fingerprint density at radius 2 is 1.85 bits per heavy atom. The molecule has 2 amide bonds. The first-order valence-corrected chi connectivity index (χ1v) is 8.79. The van der Waals surface area contributed by atoms with Crippen molar-refractivity contribution in [2.45, 2.75) is 32.1 Å². The second-order valence-corrected chi connectivity index (χ2v) is 6.31. The van der Waals surface area contributed by atoms with Crippen LogP contribution < -0.4 is 15.6 Å². The van der Waals surface area contributed by atoms with Crippen LogP contribution in [-0.2, 0) is 19.1 Å². The Bertz CT molecular complexity index is 708. The van der Waals surface area contributed by atoms with E-state index in [1.54, 1.807) is 0 Å². The number of ether oxygens (including phenoxy) is 1. The summed E-state index contributed by atoms with van der Waals surface area (Å²) >= 11 is 0. The molecular weight excluding hydrogens is 336 g/mol. The minimum Gasteiger partial charge on any atom is -0.451 e. The van der Waals surface area contributed by atoms with E-state index in [2.05, 4.69) is 20.7 Å². The number of rotatable bonds is 5. The average Bonchev–Trinajstić information content (AvgIpc) is 2.68. The molecule has 2 N–H and O–H groups in total. The highest BCUT2D eigenvalue weighted by molar-refractivity contribution is 6.37. The van der Waals surface area contributed by atoms with Gasteiger partial charge < -0.3 is 15.0 Å². The van der Waals surface area contributed by atoms with Crippen LogP contribution in [0.4, 0.5) is 11.4 Å². The summed E-state index contributed by atoms with van der Waals surface area (Å²) < 4.78 is 4.93. The number of carbonyl (C=O) groups is 3. The summed E-state index contributed by atoms with van der Waals surface area (Å²) in [5.41, 5.74) is 4.12. The molecule has 2 heterocycles. The number of benzene rings is 1. The molecule has 2 aliphatic heterocycles. The highest BCUT2D eigenvalue weighted by Crippen LogP contribution is 2.21. The molecule has 8 nitrogen and oxygen atoms in total. The molecule has 26 heavy (non-hydrogen) atoms. The van der Waals surface area contributed by atoms with Gasteiger partial charge in [0.2, 0.25) is 5.91 Å². The van der Waals surface area contributed by atoms with Gasteiger partial charge >= 0.3 is 5.97 Å². The molecule has 1 aromatic carbocycles. The molecule has 0 aliphatic carbocycles. The van der Waals surface area contributed by atoms with Crippen LogP contribution in [-0.4, -0.2) is 43.2 Å². The van der Waals surface area contributed by atoms with Crippen LogP contribution in [0.3, 0.4) is 0 Å². The molecule has 0 unspecified atom stereocenters. The zero-order valence-corrected chi connectivity index (χ0v) is 14.5. The molecule has 0 spiro atoms. The van der Waals surface area contributed by atoms with Crippen molar-refractivity contribution in [1.29, 1.82) is 0 Å². The fourth-order valence-corrected chi connectivity index (χ4v) is 2.94. The Morgan fingerprint density at radius 1 is 1.12 bits per heavy atom. The highest BCUT2D eigenvalue weighted by Gasteiger charge is 2.20. The number of carbonyl (C=O) groups excluding carboxylic acids is 3. The van der Waals surface area contributed by atoms with Gasteiger partial charge in [-0.1, -0.05) is 0 Å². The smallest absolute Gasteiger partial charge is 0.355 e. The molecule has 0 radical (unpaired) electrons. The van der Waals surface area contributed by atoms with Crippen molar-refractivity contribution < 1.29 is 19.1 Å². The number of nitrogens with zero attached hydrogens (tertiary/aromatic N) is 2. The Hall–Kier alpha value is -2.90. The number of esters is 1. The van der Waals surface area contributed by atoms with E-state index in [1.807, 2.05) is 24.3 Å². The number of anilines is 2. The number of hydrogen-bond donors (Lipinski definition) is 2. The number of amides is 2. The summed E-state index contributed by atoms with van der Waals surface area (Å²) in [6.07, 6.45) is 4.09. The third-order valence-corrected chi connectivity index (χ3v) is 4.35. The number of piperidine rings is 1. The molecule has 0 atom stereocenters. The van der Waals surface area contributed by atoms with Crippen LogP contribution in [0.1, 0.15) is 32.1 Å². The standard InChI is InChI=1S/C18H22N4O4/c23-16-9-8-15(20-21-16)18(25)26-12-17(24)19-13-4-6-14(7-5-13)22-10-2-1-3-11-22/h4-7H,1-3,8-12H2,(H,19,24)(H,21,23). The van der Waals surface area contributed by atoms with E-state index >= 15 is 0 Å².